The number of sulfonamides is 1. The van der Waals surface area contributed by atoms with E-state index in [2.05, 4.69) is 10.0 Å². The minimum absolute atomic E-state index is 0.00279. The van der Waals surface area contributed by atoms with Crippen molar-refractivity contribution in [1.82, 2.24) is 10.2 Å². The molecule has 0 saturated carbocycles. The van der Waals surface area contributed by atoms with Crippen LogP contribution in [0.5, 0.6) is 5.75 Å². The number of sulfone groups is 1. The van der Waals surface area contributed by atoms with Crippen molar-refractivity contribution in [2.24, 2.45) is 5.73 Å². The molecule has 16 heteroatoms. The Labute approximate surface area is 273 Å². The second kappa shape index (κ2) is 15.3. The normalized spacial score (nSPS) is 16.0. The van der Waals surface area contributed by atoms with Gasteiger partial charge >= 0.3 is 5.97 Å². The zero-order valence-corrected chi connectivity index (χ0v) is 27.3. The SMILES string of the molecule is CS(=O)(=O)Nc1ccc(OCCNC(=O)CN(CC(=O)N2CCS(=O)(=O)CC(N)C2)c2ccc(-c3ccc(C(=O)O)cc3)cc2)cc1. The molecule has 1 aliphatic rings. The highest BCUT2D eigenvalue weighted by molar-refractivity contribution is 7.92. The molecular formula is C31H37N5O9S2. The summed E-state index contributed by atoms with van der Waals surface area (Å²) in [4.78, 5) is 40.5. The second-order valence-corrected chi connectivity index (χ2v) is 15.1. The Morgan fingerprint density at radius 1 is 0.979 bits per heavy atom. The fourth-order valence-electron chi connectivity index (χ4n) is 4.91. The first-order valence-electron chi connectivity index (χ1n) is 14.6. The first kappa shape index (κ1) is 35.2. The van der Waals surface area contributed by atoms with Crippen LogP contribution in [0.1, 0.15) is 10.4 Å². The Bertz CT molecular complexity index is 1780. The van der Waals surface area contributed by atoms with Crippen LogP contribution in [0.2, 0.25) is 0 Å². The number of ether oxygens (including phenoxy) is 1. The third-order valence-corrected chi connectivity index (χ3v) is 9.50. The van der Waals surface area contributed by atoms with E-state index in [1.807, 2.05) is 0 Å². The molecule has 2 amide bonds. The Morgan fingerprint density at radius 2 is 1.60 bits per heavy atom. The Balaban J connectivity index is 1.41. The van der Waals surface area contributed by atoms with Gasteiger partial charge in [0.2, 0.25) is 21.8 Å². The third-order valence-electron chi connectivity index (χ3n) is 7.16. The summed E-state index contributed by atoms with van der Waals surface area (Å²) in [6.45, 7) is -0.0540. The molecule has 14 nitrogen and oxygen atoms in total. The van der Waals surface area contributed by atoms with Crippen LogP contribution in [-0.2, 0) is 29.4 Å². The van der Waals surface area contributed by atoms with Gasteiger partial charge in [-0.25, -0.2) is 21.6 Å². The molecule has 0 bridgehead atoms. The lowest BCUT2D eigenvalue weighted by atomic mass is 10.0. The van der Waals surface area contributed by atoms with E-state index in [1.165, 1.54) is 17.0 Å². The lowest BCUT2D eigenvalue weighted by Gasteiger charge is -2.28. The van der Waals surface area contributed by atoms with Crippen molar-refractivity contribution in [3.63, 3.8) is 0 Å². The lowest BCUT2D eigenvalue weighted by molar-refractivity contribution is -0.129. The summed E-state index contributed by atoms with van der Waals surface area (Å²) < 4.78 is 55.1. The van der Waals surface area contributed by atoms with Gasteiger partial charge in [-0.15, -0.1) is 0 Å². The van der Waals surface area contributed by atoms with Gasteiger partial charge in [0.25, 0.3) is 0 Å². The standard InChI is InChI=1S/C31H37N5O9S2/c1-46(41,42)34-26-8-12-28(13-9-26)45-16-14-33-29(37)19-36(20-30(38)35-15-17-47(43,44)21-25(32)18-35)27-10-6-23(7-11-27)22-2-4-24(5-3-22)31(39)40/h2-13,25,34H,14-21,32H2,1H3,(H,33,37)(H,39,40). The van der Waals surface area contributed by atoms with Gasteiger partial charge in [0.15, 0.2) is 9.84 Å². The average molecular weight is 688 g/mol. The number of hydrogen-bond donors (Lipinski definition) is 4. The third kappa shape index (κ3) is 11.0. The van der Waals surface area contributed by atoms with Crippen molar-refractivity contribution < 1.29 is 41.1 Å². The van der Waals surface area contributed by atoms with Gasteiger partial charge in [-0.3, -0.25) is 14.3 Å². The number of aromatic carboxylic acids is 1. The molecule has 47 heavy (non-hydrogen) atoms. The number of nitrogens with zero attached hydrogens (tertiary/aromatic N) is 2. The van der Waals surface area contributed by atoms with E-state index >= 15 is 0 Å². The highest BCUT2D eigenvalue weighted by Crippen LogP contribution is 2.24. The van der Waals surface area contributed by atoms with Gasteiger partial charge in [-0.2, -0.15) is 0 Å². The predicted molar refractivity (Wildman–Crippen MR) is 178 cm³/mol. The number of benzene rings is 3. The molecule has 1 aliphatic heterocycles. The number of amides is 2. The van der Waals surface area contributed by atoms with Crippen molar-refractivity contribution in [2.75, 3.05) is 66.7 Å². The van der Waals surface area contributed by atoms with Crippen LogP contribution >= 0.6 is 0 Å². The van der Waals surface area contributed by atoms with Crippen molar-refractivity contribution in [2.45, 2.75) is 6.04 Å². The summed E-state index contributed by atoms with van der Waals surface area (Å²) in [6.07, 6.45) is 1.05. The molecule has 3 aromatic carbocycles. The number of rotatable bonds is 13. The van der Waals surface area contributed by atoms with E-state index in [9.17, 15) is 31.2 Å². The highest BCUT2D eigenvalue weighted by Gasteiger charge is 2.28. The van der Waals surface area contributed by atoms with E-state index < -0.39 is 37.8 Å². The fourth-order valence-corrected chi connectivity index (χ4v) is 6.89. The molecule has 0 aromatic heterocycles. The monoisotopic (exact) mass is 687 g/mol. The van der Waals surface area contributed by atoms with Crippen LogP contribution < -0.4 is 25.4 Å². The van der Waals surface area contributed by atoms with Crippen LogP contribution in [0.15, 0.2) is 72.8 Å². The summed E-state index contributed by atoms with van der Waals surface area (Å²) in [6, 6.07) is 19.0. The van der Waals surface area contributed by atoms with Crippen LogP contribution in [0.25, 0.3) is 11.1 Å². The minimum Gasteiger partial charge on any atom is -0.492 e. The average Bonchev–Trinajstić information content (AvgIpc) is 3.15. The first-order valence-corrected chi connectivity index (χ1v) is 18.3. The summed E-state index contributed by atoms with van der Waals surface area (Å²) in [5.41, 5.74) is 8.66. The van der Waals surface area contributed by atoms with E-state index in [0.29, 0.717) is 17.1 Å². The van der Waals surface area contributed by atoms with E-state index in [-0.39, 0.29) is 62.3 Å². The molecule has 1 fully saturated rings. The van der Waals surface area contributed by atoms with E-state index in [1.54, 1.807) is 65.6 Å². The number of carboxylic acids is 1. The molecule has 252 valence electrons. The maximum Gasteiger partial charge on any atom is 0.335 e. The number of carboxylic acid groups (broad SMARTS) is 1. The van der Waals surface area contributed by atoms with Crippen LogP contribution in [0.4, 0.5) is 11.4 Å². The molecule has 3 aromatic rings. The van der Waals surface area contributed by atoms with Crippen LogP contribution in [0.3, 0.4) is 0 Å². The number of nitrogens with one attached hydrogen (secondary N) is 2. The molecule has 0 spiro atoms. The largest absolute Gasteiger partial charge is 0.492 e. The van der Waals surface area contributed by atoms with Gasteiger partial charge in [0, 0.05) is 30.5 Å². The molecule has 4 rings (SSSR count). The van der Waals surface area contributed by atoms with Gasteiger partial charge < -0.3 is 30.7 Å². The molecule has 1 heterocycles. The summed E-state index contributed by atoms with van der Waals surface area (Å²) in [7, 11) is -6.79. The summed E-state index contributed by atoms with van der Waals surface area (Å²) >= 11 is 0. The van der Waals surface area contributed by atoms with Gasteiger partial charge in [0.1, 0.15) is 12.4 Å². The smallest absolute Gasteiger partial charge is 0.335 e. The fraction of sp³-hybridized carbons (Fsp3) is 0.323. The highest BCUT2D eigenvalue weighted by atomic mass is 32.2. The molecule has 1 atom stereocenters. The van der Waals surface area contributed by atoms with Gasteiger partial charge in [-0.1, -0.05) is 24.3 Å². The minimum atomic E-state index is -3.41. The quantitative estimate of drug-likeness (QED) is 0.187. The van der Waals surface area contributed by atoms with Crippen molar-refractivity contribution in [1.29, 1.82) is 0 Å². The topological polar surface area (TPSA) is 206 Å². The molecular weight excluding hydrogens is 651 g/mol. The zero-order chi connectivity index (χ0) is 34.2. The molecule has 1 unspecified atom stereocenters. The Morgan fingerprint density at radius 3 is 2.19 bits per heavy atom. The molecule has 0 aliphatic carbocycles. The molecule has 5 N–H and O–H groups in total. The maximum absolute atomic E-state index is 13.4. The maximum atomic E-state index is 13.4. The number of anilines is 2. The predicted octanol–water partition coefficient (Wildman–Crippen LogP) is 1.01. The Hall–Kier alpha value is -4.67. The number of carbonyl (C=O) groups is 3. The zero-order valence-electron chi connectivity index (χ0n) is 25.7. The summed E-state index contributed by atoms with van der Waals surface area (Å²) in [5, 5.41) is 11.9. The number of nitrogens with two attached hydrogens (primary N) is 1. The van der Waals surface area contributed by atoms with E-state index in [4.69, 9.17) is 15.6 Å². The van der Waals surface area contributed by atoms with Gasteiger partial charge in [0.05, 0.1) is 43.0 Å². The van der Waals surface area contributed by atoms with Crippen molar-refractivity contribution in [3.8, 4) is 16.9 Å². The number of carbonyl (C=O) groups excluding carboxylic acids is 2. The Kier molecular flexibility index (Phi) is 11.4. The first-order chi connectivity index (χ1) is 22.2. The lowest BCUT2D eigenvalue weighted by Crippen LogP contribution is -2.48. The second-order valence-electron chi connectivity index (χ2n) is 11.1. The van der Waals surface area contributed by atoms with Crippen molar-refractivity contribution >= 4 is 49.0 Å². The number of hydrogen-bond acceptors (Lipinski definition) is 10. The van der Waals surface area contributed by atoms with Crippen LogP contribution in [0, 0.1) is 0 Å². The summed E-state index contributed by atoms with van der Waals surface area (Å²) in [5.74, 6) is -1.73. The molecule has 0 radical (unpaired) electrons. The molecule has 1 saturated heterocycles. The van der Waals surface area contributed by atoms with Crippen molar-refractivity contribution in [3.05, 3.63) is 78.4 Å². The van der Waals surface area contributed by atoms with Gasteiger partial charge in [-0.05, 0) is 59.7 Å². The van der Waals surface area contributed by atoms with Crippen LogP contribution in [-0.4, -0.2) is 108 Å². The van der Waals surface area contributed by atoms with E-state index in [0.717, 1.165) is 17.4 Å².